The van der Waals surface area contributed by atoms with Crippen LogP contribution in [0.4, 0.5) is 4.39 Å². The van der Waals surface area contributed by atoms with E-state index in [0.29, 0.717) is 10.7 Å². The monoisotopic (exact) mass is 241 g/mol. The Morgan fingerprint density at radius 2 is 2.19 bits per heavy atom. The summed E-state index contributed by atoms with van der Waals surface area (Å²) in [5.41, 5.74) is 0.585. The lowest BCUT2D eigenvalue weighted by Gasteiger charge is -1.98. The fourth-order valence-electron chi connectivity index (χ4n) is 1.30. The summed E-state index contributed by atoms with van der Waals surface area (Å²) in [6.45, 7) is 1.55. The maximum Gasteiger partial charge on any atom is 0.170 e. The molecule has 3 nitrogen and oxygen atoms in total. The Labute approximate surface area is 96.4 Å². The maximum atomic E-state index is 13.5. The van der Waals surface area contributed by atoms with Crippen molar-refractivity contribution in [1.29, 1.82) is 0 Å². The van der Waals surface area contributed by atoms with Gasteiger partial charge in [-0.3, -0.25) is 0 Å². The highest BCUT2D eigenvalue weighted by molar-refractivity contribution is 6.30. The van der Waals surface area contributed by atoms with Crippen LogP contribution in [0, 0.1) is 5.82 Å². The van der Waals surface area contributed by atoms with Crippen LogP contribution in [-0.4, -0.2) is 10.3 Å². The van der Waals surface area contributed by atoms with E-state index in [0.717, 1.165) is 0 Å². The first-order valence-electron chi connectivity index (χ1n) is 4.68. The minimum absolute atomic E-state index is 0.229. The fourth-order valence-corrected chi connectivity index (χ4v) is 1.47. The summed E-state index contributed by atoms with van der Waals surface area (Å²) in [7, 11) is 0. The van der Waals surface area contributed by atoms with Crippen LogP contribution in [-0.2, 0) is 0 Å². The summed E-state index contributed by atoms with van der Waals surface area (Å²) in [5, 5.41) is 13.3. The van der Waals surface area contributed by atoms with Gasteiger partial charge in [-0.05, 0) is 25.1 Å². The molecule has 1 N–H and O–H groups in total. The van der Waals surface area contributed by atoms with Crippen molar-refractivity contribution in [2.45, 2.75) is 13.0 Å². The number of hydrogen-bond acceptors (Lipinski definition) is 3. The van der Waals surface area contributed by atoms with Crippen molar-refractivity contribution < 1.29 is 14.0 Å². The van der Waals surface area contributed by atoms with E-state index in [4.69, 9.17) is 16.1 Å². The largest absolute Gasteiger partial charge is 0.387 e. The highest BCUT2D eigenvalue weighted by Gasteiger charge is 2.14. The van der Waals surface area contributed by atoms with Crippen molar-refractivity contribution in [2.24, 2.45) is 0 Å². The van der Waals surface area contributed by atoms with E-state index in [-0.39, 0.29) is 11.3 Å². The number of rotatable bonds is 2. The van der Waals surface area contributed by atoms with Crippen LogP contribution in [0.5, 0.6) is 0 Å². The zero-order chi connectivity index (χ0) is 11.7. The third kappa shape index (κ3) is 2.08. The van der Waals surface area contributed by atoms with Crippen LogP contribution in [0.1, 0.15) is 18.7 Å². The fraction of sp³-hybridized carbons (Fsp3) is 0.182. The Morgan fingerprint density at radius 1 is 1.44 bits per heavy atom. The summed E-state index contributed by atoms with van der Waals surface area (Å²) in [4.78, 5) is 0. The molecule has 84 valence electrons. The van der Waals surface area contributed by atoms with E-state index in [1.165, 1.54) is 24.3 Å². The lowest BCUT2D eigenvalue weighted by atomic mass is 10.1. The molecular formula is C11H9ClFNO2. The Morgan fingerprint density at radius 3 is 2.81 bits per heavy atom. The number of aromatic nitrogens is 1. The summed E-state index contributed by atoms with van der Waals surface area (Å²) in [5.74, 6) is -0.200. The standard InChI is InChI=1S/C11H9ClFNO2/c1-6(15)10-5-11(16-14-10)8-4-7(12)2-3-9(8)13/h2-6,15H,1H3. The van der Waals surface area contributed by atoms with Gasteiger partial charge in [0.2, 0.25) is 0 Å². The van der Waals surface area contributed by atoms with Gasteiger partial charge in [0.15, 0.2) is 5.76 Å². The van der Waals surface area contributed by atoms with Crippen molar-refractivity contribution in [3.8, 4) is 11.3 Å². The predicted octanol–water partition coefficient (Wildman–Crippen LogP) is 3.19. The van der Waals surface area contributed by atoms with E-state index >= 15 is 0 Å². The number of aliphatic hydroxyl groups excluding tert-OH is 1. The van der Waals surface area contributed by atoms with Crippen LogP contribution < -0.4 is 0 Å². The zero-order valence-corrected chi connectivity index (χ0v) is 9.20. The lowest BCUT2D eigenvalue weighted by molar-refractivity contribution is 0.188. The Kier molecular flexibility index (Phi) is 2.94. The molecule has 0 saturated heterocycles. The first-order valence-corrected chi connectivity index (χ1v) is 5.06. The molecule has 0 bridgehead atoms. The van der Waals surface area contributed by atoms with Crippen LogP contribution in [0.15, 0.2) is 28.8 Å². The van der Waals surface area contributed by atoms with Gasteiger partial charge in [0.1, 0.15) is 11.5 Å². The normalized spacial score (nSPS) is 12.8. The molecule has 0 fully saturated rings. The number of nitrogens with zero attached hydrogens (tertiary/aromatic N) is 1. The molecular weight excluding hydrogens is 233 g/mol. The molecule has 1 aromatic heterocycles. The van der Waals surface area contributed by atoms with Crippen molar-refractivity contribution in [2.75, 3.05) is 0 Å². The van der Waals surface area contributed by atoms with E-state index in [9.17, 15) is 9.50 Å². The second-order valence-electron chi connectivity index (χ2n) is 3.42. The molecule has 1 heterocycles. The molecule has 2 rings (SSSR count). The summed E-state index contributed by atoms with van der Waals surface area (Å²) in [6, 6.07) is 5.64. The van der Waals surface area contributed by atoms with Gasteiger partial charge in [0, 0.05) is 11.1 Å². The minimum Gasteiger partial charge on any atom is -0.387 e. The second kappa shape index (κ2) is 4.23. The molecule has 0 amide bonds. The van der Waals surface area contributed by atoms with E-state index in [1.54, 1.807) is 6.92 Å². The van der Waals surface area contributed by atoms with Gasteiger partial charge in [-0.25, -0.2) is 4.39 Å². The van der Waals surface area contributed by atoms with Gasteiger partial charge in [-0.1, -0.05) is 16.8 Å². The van der Waals surface area contributed by atoms with Crippen LogP contribution in [0.2, 0.25) is 5.02 Å². The average Bonchev–Trinajstić information content (AvgIpc) is 2.70. The molecule has 1 aromatic carbocycles. The molecule has 5 heteroatoms. The first kappa shape index (κ1) is 11.1. The van der Waals surface area contributed by atoms with Gasteiger partial charge in [0.05, 0.1) is 11.7 Å². The number of halogens is 2. The van der Waals surface area contributed by atoms with Gasteiger partial charge < -0.3 is 9.63 Å². The van der Waals surface area contributed by atoms with Gasteiger partial charge in [-0.15, -0.1) is 0 Å². The SMILES string of the molecule is CC(O)c1cc(-c2cc(Cl)ccc2F)on1. The molecule has 0 aliphatic heterocycles. The number of benzene rings is 1. The topological polar surface area (TPSA) is 46.3 Å². The molecule has 0 aliphatic carbocycles. The molecule has 1 atom stereocenters. The summed E-state index contributed by atoms with van der Waals surface area (Å²) in [6.07, 6.45) is -0.750. The van der Waals surface area contributed by atoms with Crippen LogP contribution in [0.3, 0.4) is 0 Å². The highest BCUT2D eigenvalue weighted by Crippen LogP contribution is 2.27. The Bertz CT molecular complexity index is 510. The molecule has 2 aromatic rings. The first-order chi connectivity index (χ1) is 7.58. The quantitative estimate of drug-likeness (QED) is 0.878. The predicted molar refractivity (Wildman–Crippen MR) is 57.5 cm³/mol. The Hall–Kier alpha value is -1.39. The molecule has 0 saturated carbocycles. The summed E-state index contributed by atoms with van der Waals surface area (Å²) >= 11 is 5.76. The van der Waals surface area contributed by atoms with E-state index in [1.807, 2.05) is 0 Å². The van der Waals surface area contributed by atoms with E-state index in [2.05, 4.69) is 5.16 Å². The third-order valence-corrected chi connectivity index (χ3v) is 2.39. The van der Waals surface area contributed by atoms with Crippen molar-refractivity contribution >= 4 is 11.6 Å². The highest BCUT2D eigenvalue weighted by atomic mass is 35.5. The van der Waals surface area contributed by atoms with Gasteiger partial charge >= 0.3 is 0 Å². The smallest absolute Gasteiger partial charge is 0.170 e. The summed E-state index contributed by atoms with van der Waals surface area (Å²) < 4.78 is 18.4. The van der Waals surface area contributed by atoms with E-state index < -0.39 is 11.9 Å². The molecule has 0 aliphatic rings. The van der Waals surface area contributed by atoms with Crippen molar-refractivity contribution in [3.63, 3.8) is 0 Å². The zero-order valence-electron chi connectivity index (χ0n) is 8.45. The maximum absolute atomic E-state index is 13.5. The minimum atomic E-state index is -0.750. The average molecular weight is 242 g/mol. The van der Waals surface area contributed by atoms with Crippen LogP contribution in [0.25, 0.3) is 11.3 Å². The van der Waals surface area contributed by atoms with Crippen molar-refractivity contribution in [3.05, 3.63) is 40.8 Å². The van der Waals surface area contributed by atoms with Crippen LogP contribution >= 0.6 is 11.6 Å². The second-order valence-corrected chi connectivity index (χ2v) is 3.85. The Balaban J connectivity index is 2.46. The van der Waals surface area contributed by atoms with Crippen molar-refractivity contribution in [1.82, 2.24) is 5.16 Å². The number of hydrogen-bond donors (Lipinski definition) is 1. The molecule has 0 radical (unpaired) electrons. The van der Waals surface area contributed by atoms with Gasteiger partial charge in [0.25, 0.3) is 0 Å². The molecule has 1 unspecified atom stereocenters. The third-order valence-electron chi connectivity index (χ3n) is 2.15. The molecule has 16 heavy (non-hydrogen) atoms. The number of aliphatic hydroxyl groups is 1. The lowest BCUT2D eigenvalue weighted by Crippen LogP contribution is -1.89. The van der Waals surface area contributed by atoms with Gasteiger partial charge in [-0.2, -0.15) is 0 Å². The molecule has 0 spiro atoms.